The van der Waals surface area contributed by atoms with Gasteiger partial charge in [-0.05, 0) is 24.6 Å². The molecule has 3 nitrogen and oxygen atoms in total. The lowest BCUT2D eigenvalue weighted by atomic mass is 10.1. The summed E-state index contributed by atoms with van der Waals surface area (Å²) in [6.45, 7) is 2.53. The Labute approximate surface area is 100 Å². The summed E-state index contributed by atoms with van der Waals surface area (Å²) in [4.78, 5) is 4.50. The third-order valence-corrected chi connectivity index (χ3v) is 2.67. The number of halogens is 1. The van der Waals surface area contributed by atoms with Gasteiger partial charge in [0.25, 0.3) is 0 Å². The Bertz CT molecular complexity index is 404. The summed E-state index contributed by atoms with van der Waals surface area (Å²) in [5.74, 6) is 0.750. The summed E-state index contributed by atoms with van der Waals surface area (Å²) in [7, 11) is 0. The number of hydrogen-bond acceptors (Lipinski definition) is 3. The van der Waals surface area contributed by atoms with E-state index in [4.69, 9.17) is 22.1 Å². The maximum atomic E-state index is 5.93. The zero-order chi connectivity index (χ0) is 11.5. The van der Waals surface area contributed by atoms with Crippen LogP contribution < -0.4 is 5.73 Å². The molecule has 1 aliphatic rings. The minimum absolute atomic E-state index is 0.0625. The molecule has 0 radical (unpaired) electrons. The number of nitrogens with two attached hydrogens (primary N) is 1. The van der Waals surface area contributed by atoms with Crippen molar-refractivity contribution in [3.8, 4) is 0 Å². The van der Waals surface area contributed by atoms with E-state index in [2.05, 4.69) is 4.99 Å². The van der Waals surface area contributed by atoms with Gasteiger partial charge in [-0.3, -0.25) is 0 Å². The highest BCUT2D eigenvalue weighted by Gasteiger charge is 2.21. The Morgan fingerprint density at radius 1 is 1.62 bits per heavy atom. The summed E-state index contributed by atoms with van der Waals surface area (Å²) in [5.41, 5.74) is 6.79. The van der Waals surface area contributed by atoms with Crippen LogP contribution in [0.25, 0.3) is 0 Å². The van der Waals surface area contributed by atoms with Crippen molar-refractivity contribution in [1.82, 2.24) is 0 Å². The molecule has 0 bridgehead atoms. The fraction of sp³-hybridized carbons (Fsp3) is 0.417. The minimum atomic E-state index is 0.0625. The van der Waals surface area contributed by atoms with Crippen molar-refractivity contribution in [1.29, 1.82) is 0 Å². The Kier molecular flexibility index (Phi) is 3.46. The first-order chi connectivity index (χ1) is 7.65. The molecular formula is C12H15ClN2O. The van der Waals surface area contributed by atoms with Crippen LogP contribution in [0.5, 0.6) is 0 Å². The van der Waals surface area contributed by atoms with Crippen LogP contribution in [-0.2, 0) is 4.74 Å². The molecule has 0 aromatic heterocycles. The molecule has 0 saturated carbocycles. The number of rotatable bonds is 3. The van der Waals surface area contributed by atoms with E-state index in [-0.39, 0.29) is 12.1 Å². The molecule has 16 heavy (non-hydrogen) atoms. The smallest absolute Gasteiger partial charge is 0.185 e. The van der Waals surface area contributed by atoms with Gasteiger partial charge >= 0.3 is 0 Å². The SMILES string of the molecule is CC(N)CC1=NC(c2cccc(Cl)c2)CO1. The summed E-state index contributed by atoms with van der Waals surface area (Å²) < 4.78 is 5.50. The Hall–Kier alpha value is -1.06. The zero-order valence-electron chi connectivity index (χ0n) is 9.19. The average Bonchev–Trinajstić information content (AvgIpc) is 2.65. The molecule has 0 saturated heterocycles. The van der Waals surface area contributed by atoms with E-state index < -0.39 is 0 Å². The first-order valence-electron chi connectivity index (χ1n) is 5.35. The van der Waals surface area contributed by atoms with Crippen LogP contribution in [0.3, 0.4) is 0 Å². The van der Waals surface area contributed by atoms with Gasteiger partial charge in [0, 0.05) is 17.5 Å². The molecule has 86 valence electrons. The summed E-state index contributed by atoms with van der Waals surface area (Å²) >= 11 is 5.93. The lowest BCUT2D eigenvalue weighted by Crippen LogP contribution is -2.19. The number of hydrogen-bond donors (Lipinski definition) is 1. The van der Waals surface area contributed by atoms with Crippen molar-refractivity contribution >= 4 is 17.5 Å². The van der Waals surface area contributed by atoms with E-state index in [1.54, 1.807) is 0 Å². The minimum Gasteiger partial charge on any atom is -0.478 e. The van der Waals surface area contributed by atoms with Crippen molar-refractivity contribution in [2.24, 2.45) is 10.7 Å². The van der Waals surface area contributed by atoms with Crippen LogP contribution in [0.15, 0.2) is 29.3 Å². The number of benzene rings is 1. The molecule has 2 N–H and O–H groups in total. The summed E-state index contributed by atoms with van der Waals surface area (Å²) in [6, 6.07) is 7.86. The second kappa shape index (κ2) is 4.85. The largest absolute Gasteiger partial charge is 0.478 e. The standard InChI is InChI=1S/C12H15ClN2O/c1-8(14)5-12-15-11(7-16-12)9-3-2-4-10(13)6-9/h2-4,6,8,11H,5,7,14H2,1H3. The molecule has 0 fully saturated rings. The molecule has 2 atom stereocenters. The molecule has 0 amide bonds. The molecule has 1 aromatic rings. The highest BCUT2D eigenvalue weighted by atomic mass is 35.5. The fourth-order valence-corrected chi connectivity index (χ4v) is 1.89. The fourth-order valence-electron chi connectivity index (χ4n) is 1.70. The average molecular weight is 239 g/mol. The highest BCUT2D eigenvalue weighted by Crippen LogP contribution is 2.25. The van der Waals surface area contributed by atoms with Crippen LogP contribution in [0.1, 0.15) is 24.9 Å². The van der Waals surface area contributed by atoms with Crippen LogP contribution in [-0.4, -0.2) is 18.5 Å². The second-order valence-electron chi connectivity index (χ2n) is 4.09. The number of aliphatic imine (C=N–C) groups is 1. The molecule has 2 rings (SSSR count). The Morgan fingerprint density at radius 3 is 3.12 bits per heavy atom. The molecular weight excluding hydrogens is 224 g/mol. The molecule has 0 spiro atoms. The van der Waals surface area contributed by atoms with E-state index in [1.807, 2.05) is 31.2 Å². The van der Waals surface area contributed by atoms with Gasteiger partial charge in [0.05, 0.1) is 0 Å². The van der Waals surface area contributed by atoms with Gasteiger partial charge in [-0.1, -0.05) is 23.7 Å². The van der Waals surface area contributed by atoms with Gasteiger partial charge in [-0.15, -0.1) is 0 Å². The predicted molar refractivity (Wildman–Crippen MR) is 65.8 cm³/mol. The number of ether oxygens (including phenoxy) is 1. The summed E-state index contributed by atoms with van der Waals surface area (Å²) in [6.07, 6.45) is 0.692. The van der Waals surface area contributed by atoms with E-state index in [1.165, 1.54) is 0 Å². The van der Waals surface area contributed by atoms with Gasteiger partial charge < -0.3 is 10.5 Å². The topological polar surface area (TPSA) is 47.6 Å². The Balaban J connectivity index is 2.10. The first kappa shape index (κ1) is 11.4. The van der Waals surface area contributed by atoms with Crippen molar-refractivity contribution < 1.29 is 4.74 Å². The van der Waals surface area contributed by atoms with Crippen molar-refractivity contribution in [3.05, 3.63) is 34.9 Å². The van der Waals surface area contributed by atoms with E-state index >= 15 is 0 Å². The van der Waals surface area contributed by atoms with Crippen LogP contribution >= 0.6 is 11.6 Å². The monoisotopic (exact) mass is 238 g/mol. The van der Waals surface area contributed by atoms with Crippen molar-refractivity contribution in [2.75, 3.05) is 6.61 Å². The lowest BCUT2D eigenvalue weighted by Gasteiger charge is -2.04. The molecule has 0 aliphatic carbocycles. The molecule has 1 aliphatic heterocycles. The molecule has 2 unspecified atom stereocenters. The first-order valence-corrected chi connectivity index (χ1v) is 5.73. The van der Waals surface area contributed by atoms with E-state index in [0.717, 1.165) is 16.5 Å². The molecule has 1 heterocycles. The van der Waals surface area contributed by atoms with Crippen molar-refractivity contribution in [3.63, 3.8) is 0 Å². The third-order valence-electron chi connectivity index (χ3n) is 2.44. The lowest BCUT2D eigenvalue weighted by molar-refractivity contribution is 0.309. The van der Waals surface area contributed by atoms with Gasteiger partial charge in [0.2, 0.25) is 0 Å². The zero-order valence-corrected chi connectivity index (χ0v) is 9.95. The van der Waals surface area contributed by atoms with Crippen molar-refractivity contribution in [2.45, 2.75) is 25.4 Å². The van der Waals surface area contributed by atoms with Gasteiger partial charge in [0.1, 0.15) is 12.6 Å². The maximum Gasteiger partial charge on any atom is 0.185 e. The molecule has 1 aromatic carbocycles. The second-order valence-corrected chi connectivity index (χ2v) is 4.52. The van der Waals surface area contributed by atoms with Crippen LogP contribution in [0, 0.1) is 0 Å². The maximum absolute atomic E-state index is 5.93. The van der Waals surface area contributed by atoms with E-state index in [0.29, 0.717) is 13.0 Å². The summed E-state index contributed by atoms with van der Waals surface area (Å²) in [5, 5.41) is 0.730. The van der Waals surface area contributed by atoms with E-state index in [9.17, 15) is 0 Å². The van der Waals surface area contributed by atoms with Gasteiger partial charge in [-0.25, -0.2) is 4.99 Å². The highest BCUT2D eigenvalue weighted by molar-refractivity contribution is 6.30. The van der Waals surface area contributed by atoms with Crippen LogP contribution in [0.4, 0.5) is 0 Å². The predicted octanol–water partition coefficient (Wildman–Crippen LogP) is 2.55. The normalized spacial score (nSPS) is 21.4. The molecule has 4 heteroatoms. The Morgan fingerprint density at radius 2 is 2.44 bits per heavy atom. The van der Waals surface area contributed by atoms with Gasteiger partial charge in [0.15, 0.2) is 5.90 Å². The van der Waals surface area contributed by atoms with Crippen LogP contribution in [0.2, 0.25) is 5.02 Å². The quantitative estimate of drug-likeness (QED) is 0.880. The third kappa shape index (κ3) is 2.74. The van der Waals surface area contributed by atoms with Gasteiger partial charge in [-0.2, -0.15) is 0 Å². The number of nitrogens with zero attached hydrogens (tertiary/aromatic N) is 1.